The van der Waals surface area contributed by atoms with Crippen LogP contribution in [0.1, 0.15) is 12.1 Å². The topological polar surface area (TPSA) is 68.2 Å². The average Bonchev–Trinajstić information content (AvgIpc) is 2.78. The summed E-state index contributed by atoms with van der Waals surface area (Å²) in [5.74, 6) is 0. The molecule has 1 aliphatic heterocycles. The molecule has 6 heteroatoms. The van der Waals surface area contributed by atoms with Gasteiger partial charge >= 0.3 is 6.03 Å². The van der Waals surface area contributed by atoms with Crippen LogP contribution >= 0.6 is 0 Å². The highest BCUT2D eigenvalue weighted by atomic mass is 16.5. The van der Waals surface area contributed by atoms with E-state index < -0.39 is 0 Å². The summed E-state index contributed by atoms with van der Waals surface area (Å²) in [6.45, 7) is 3.17. The highest BCUT2D eigenvalue weighted by molar-refractivity contribution is 5.89. The fraction of sp³-hybridized carbons (Fsp3) is 0.600. The molecular weight excluding hydrogens is 208 g/mol. The molecule has 2 rings (SSSR count). The van der Waals surface area contributed by atoms with Gasteiger partial charge in [-0.25, -0.2) is 4.79 Å². The molecule has 2 heterocycles. The van der Waals surface area contributed by atoms with E-state index in [9.17, 15) is 4.79 Å². The van der Waals surface area contributed by atoms with Crippen LogP contribution in [-0.2, 0) is 11.8 Å². The highest BCUT2D eigenvalue weighted by Crippen LogP contribution is 2.11. The van der Waals surface area contributed by atoms with Crippen LogP contribution in [0, 0.1) is 6.92 Å². The summed E-state index contributed by atoms with van der Waals surface area (Å²) >= 11 is 0. The van der Waals surface area contributed by atoms with Crippen LogP contribution in [0.15, 0.2) is 6.20 Å². The number of urea groups is 1. The highest BCUT2D eigenvalue weighted by Gasteiger charge is 2.18. The summed E-state index contributed by atoms with van der Waals surface area (Å²) in [6, 6.07) is -0.0800. The molecule has 6 nitrogen and oxygen atoms in total. The van der Waals surface area contributed by atoms with Crippen LogP contribution in [0.4, 0.5) is 10.5 Å². The fourth-order valence-corrected chi connectivity index (χ4v) is 1.71. The number of aromatic nitrogens is 2. The Morgan fingerprint density at radius 3 is 3.06 bits per heavy atom. The van der Waals surface area contributed by atoms with Gasteiger partial charge in [0.15, 0.2) is 0 Å². The second kappa shape index (κ2) is 4.52. The molecule has 0 saturated carbocycles. The first kappa shape index (κ1) is 10.9. The average molecular weight is 224 g/mol. The van der Waals surface area contributed by atoms with E-state index in [0.717, 1.165) is 24.4 Å². The fourth-order valence-electron chi connectivity index (χ4n) is 1.71. The van der Waals surface area contributed by atoms with E-state index in [0.29, 0.717) is 6.61 Å². The summed E-state index contributed by atoms with van der Waals surface area (Å²) in [6.07, 6.45) is 2.65. The molecule has 1 unspecified atom stereocenters. The smallest absolute Gasteiger partial charge is 0.319 e. The molecule has 0 bridgehead atoms. The summed E-state index contributed by atoms with van der Waals surface area (Å²) in [5, 5.41) is 9.77. The van der Waals surface area contributed by atoms with Gasteiger partial charge in [-0.3, -0.25) is 4.68 Å². The number of ether oxygens (including phenoxy) is 1. The maximum absolute atomic E-state index is 11.6. The maximum Gasteiger partial charge on any atom is 0.319 e. The lowest BCUT2D eigenvalue weighted by Crippen LogP contribution is -2.38. The Balaban J connectivity index is 1.89. The van der Waals surface area contributed by atoms with Crippen molar-refractivity contribution in [3.63, 3.8) is 0 Å². The zero-order valence-electron chi connectivity index (χ0n) is 9.49. The number of rotatable bonds is 2. The number of hydrogen-bond donors (Lipinski definition) is 2. The normalized spacial score (nSPS) is 19.8. The summed E-state index contributed by atoms with van der Waals surface area (Å²) in [5.41, 5.74) is 1.54. The number of nitrogens with one attached hydrogen (secondary N) is 2. The predicted molar refractivity (Wildman–Crippen MR) is 59.3 cm³/mol. The minimum atomic E-state index is -0.202. The lowest BCUT2D eigenvalue weighted by molar-refractivity contribution is 0.189. The second-order valence-corrected chi connectivity index (χ2v) is 3.96. The molecule has 0 aliphatic carbocycles. The van der Waals surface area contributed by atoms with Gasteiger partial charge in [0.2, 0.25) is 0 Å². The van der Waals surface area contributed by atoms with Crippen LogP contribution in [0.5, 0.6) is 0 Å². The van der Waals surface area contributed by atoms with Crippen LogP contribution < -0.4 is 10.6 Å². The van der Waals surface area contributed by atoms with Crippen LogP contribution in [0.2, 0.25) is 0 Å². The molecule has 1 aromatic heterocycles. The van der Waals surface area contributed by atoms with E-state index >= 15 is 0 Å². The summed E-state index contributed by atoms with van der Waals surface area (Å²) < 4.78 is 6.85. The van der Waals surface area contributed by atoms with Gasteiger partial charge < -0.3 is 15.4 Å². The van der Waals surface area contributed by atoms with Crippen molar-refractivity contribution in [3.05, 3.63) is 11.9 Å². The first-order valence-electron chi connectivity index (χ1n) is 5.30. The third kappa shape index (κ3) is 2.52. The number of carbonyl (C=O) groups is 1. The van der Waals surface area contributed by atoms with Gasteiger partial charge in [0.25, 0.3) is 0 Å². The zero-order valence-corrected chi connectivity index (χ0v) is 9.49. The van der Waals surface area contributed by atoms with E-state index in [1.165, 1.54) is 0 Å². The number of hydrogen-bond acceptors (Lipinski definition) is 3. The van der Waals surface area contributed by atoms with Crippen molar-refractivity contribution >= 4 is 11.7 Å². The number of carbonyl (C=O) groups excluding carboxylic acids is 1. The van der Waals surface area contributed by atoms with Crippen molar-refractivity contribution in [2.75, 3.05) is 18.5 Å². The van der Waals surface area contributed by atoms with E-state index in [-0.39, 0.29) is 12.1 Å². The Morgan fingerprint density at radius 1 is 1.69 bits per heavy atom. The van der Waals surface area contributed by atoms with Crippen LogP contribution in [0.25, 0.3) is 0 Å². The molecule has 0 aromatic carbocycles. The third-order valence-electron chi connectivity index (χ3n) is 2.53. The van der Waals surface area contributed by atoms with E-state index in [1.807, 2.05) is 14.0 Å². The molecular formula is C10H16N4O2. The number of nitrogens with zero attached hydrogens (tertiary/aromatic N) is 2. The standard InChI is InChI=1S/C10H16N4O2/c1-7-9(5-14(2)13-7)12-10(15)11-8-3-4-16-6-8/h5,8H,3-4,6H2,1-2H3,(H2,11,12,15). The molecule has 2 amide bonds. The predicted octanol–water partition coefficient (Wildman–Crippen LogP) is 0.639. The van der Waals surface area contributed by atoms with Crippen LogP contribution in [-0.4, -0.2) is 35.1 Å². The van der Waals surface area contributed by atoms with Crippen molar-refractivity contribution in [1.82, 2.24) is 15.1 Å². The van der Waals surface area contributed by atoms with Crippen molar-refractivity contribution in [1.29, 1.82) is 0 Å². The van der Waals surface area contributed by atoms with Gasteiger partial charge in [0.1, 0.15) is 0 Å². The molecule has 1 aromatic rings. The molecule has 0 radical (unpaired) electrons. The molecule has 88 valence electrons. The largest absolute Gasteiger partial charge is 0.379 e. The van der Waals surface area contributed by atoms with Crippen LogP contribution in [0.3, 0.4) is 0 Å². The maximum atomic E-state index is 11.6. The van der Waals surface area contributed by atoms with Crippen molar-refractivity contribution < 1.29 is 9.53 Å². The van der Waals surface area contributed by atoms with Crippen molar-refractivity contribution in [2.45, 2.75) is 19.4 Å². The van der Waals surface area contributed by atoms with Gasteiger partial charge in [-0.1, -0.05) is 0 Å². The second-order valence-electron chi connectivity index (χ2n) is 3.96. The van der Waals surface area contributed by atoms with E-state index in [2.05, 4.69) is 15.7 Å². The monoisotopic (exact) mass is 224 g/mol. The Bertz CT molecular complexity index is 382. The van der Waals surface area contributed by atoms with E-state index in [4.69, 9.17) is 4.74 Å². The van der Waals surface area contributed by atoms with Gasteiger partial charge in [-0.05, 0) is 13.3 Å². The quantitative estimate of drug-likeness (QED) is 0.774. The molecule has 1 fully saturated rings. The van der Waals surface area contributed by atoms with Gasteiger partial charge in [-0.15, -0.1) is 0 Å². The molecule has 16 heavy (non-hydrogen) atoms. The minimum absolute atomic E-state index is 0.122. The Labute approximate surface area is 94.0 Å². The molecule has 1 aliphatic rings. The first-order valence-corrected chi connectivity index (χ1v) is 5.30. The molecule has 2 N–H and O–H groups in total. The van der Waals surface area contributed by atoms with E-state index in [1.54, 1.807) is 10.9 Å². The molecule has 1 atom stereocenters. The molecule has 0 spiro atoms. The number of anilines is 1. The lowest BCUT2D eigenvalue weighted by atomic mass is 10.3. The summed E-state index contributed by atoms with van der Waals surface area (Å²) in [7, 11) is 1.82. The van der Waals surface area contributed by atoms with Crippen molar-refractivity contribution in [3.8, 4) is 0 Å². The Morgan fingerprint density at radius 2 is 2.50 bits per heavy atom. The van der Waals surface area contributed by atoms with Gasteiger partial charge in [0, 0.05) is 19.9 Å². The summed E-state index contributed by atoms with van der Waals surface area (Å²) in [4.78, 5) is 11.6. The van der Waals surface area contributed by atoms with Gasteiger partial charge in [0.05, 0.1) is 24.0 Å². The Kier molecular flexibility index (Phi) is 3.09. The number of amides is 2. The lowest BCUT2D eigenvalue weighted by Gasteiger charge is -2.11. The molecule has 1 saturated heterocycles. The van der Waals surface area contributed by atoms with Crippen molar-refractivity contribution in [2.24, 2.45) is 7.05 Å². The first-order chi connectivity index (χ1) is 7.65. The minimum Gasteiger partial charge on any atom is -0.379 e. The third-order valence-corrected chi connectivity index (χ3v) is 2.53. The Hall–Kier alpha value is -1.56. The number of aryl methyl sites for hydroxylation is 2. The zero-order chi connectivity index (χ0) is 11.5. The SMILES string of the molecule is Cc1nn(C)cc1NC(=O)NC1CCOC1. The van der Waals surface area contributed by atoms with Gasteiger partial charge in [-0.2, -0.15) is 5.10 Å².